The van der Waals surface area contributed by atoms with Gasteiger partial charge >= 0.3 is 0 Å². The van der Waals surface area contributed by atoms with Crippen LogP contribution in [0.1, 0.15) is 12.5 Å². The van der Waals surface area contributed by atoms with Crippen molar-refractivity contribution in [1.29, 1.82) is 0 Å². The number of para-hydroxylation sites is 1. The Morgan fingerprint density at radius 1 is 1.14 bits per heavy atom. The first-order valence-electron chi connectivity index (χ1n) is 7.86. The third kappa shape index (κ3) is 2.31. The number of hydrogen-bond acceptors (Lipinski definition) is 5. The smallest absolute Gasteiger partial charge is 0.227 e. The predicted octanol–water partition coefficient (Wildman–Crippen LogP) is 2.40. The number of anilines is 3. The number of aromatic nitrogens is 2. The van der Waals surface area contributed by atoms with Crippen LogP contribution in [-0.4, -0.2) is 42.3 Å². The molecule has 0 aliphatic carbocycles. The van der Waals surface area contributed by atoms with Gasteiger partial charge in [-0.2, -0.15) is 4.98 Å². The molecule has 0 saturated carbocycles. The van der Waals surface area contributed by atoms with Gasteiger partial charge in [-0.3, -0.25) is 0 Å². The van der Waals surface area contributed by atoms with Crippen LogP contribution in [0.3, 0.4) is 0 Å². The van der Waals surface area contributed by atoms with Crippen LogP contribution < -0.4 is 9.80 Å². The monoisotopic (exact) mass is 296 g/mol. The molecule has 1 aromatic carbocycles. The van der Waals surface area contributed by atoms with E-state index in [1.165, 1.54) is 11.3 Å². The number of hydrogen-bond donors (Lipinski definition) is 0. The van der Waals surface area contributed by atoms with Gasteiger partial charge in [0.15, 0.2) is 0 Å². The maximum absolute atomic E-state index is 5.41. The zero-order valence-electron chi connectivity index (χ0n) is 12.8. The lowest BCUT2D eigenvalue weighted by molar-refractivity contribution is 0.122. The summed E-state index contributed by atoms with van der Waals surface area (Å²) < 4.78 is 5.41. The van der Waals surface area contributed by atoms with Gasteiger partial charge < -0.3 is 14.5 Å². The normalized spacial score (nSPS) is 21.0. The molecule has 1 saturated heterocycles. The van der Waals surface area contributed by atoms with Gasteiger partial charge in [0, 0.05) is 31.0 Å². The molecule has 5 heteroatoms. The molecular formula is C17H20N4O. The van der Waals surface area contributed by atoms with E-state index in [4.69, 9.17) is 9.72 Å². The number of fused-ring (bicyclic) bond motifs is 1. The predicted molar refractivity (Wildman–Crippen MR) is 86.8 cm³/mol. The summed E-state index contributed by atoms with van der Waals surface area (Å²) in [6.07, 6.45) is 2.92. The zero-order chi connectivity index (χ0) is 14.9. The van der Waals surface area contributed by atoms with E-state index in [1.807, 2.05) is 12.3 Å². The van der Waals surface area contributed by atoms with Gasteiger partial charge in [0.2, 0.25) is 5.95 Å². The minimum Gasteiger partial charge on any atom is -0.378 e. The molecule has 0 amide bonds. The molecule has 0 spiro atoms. The molecule has 3 heterocycles. The van der Waals surface area contributed by atoms with Crippen LogP contribution in [0.4, 0.5) is 17.5 Å². The van der Waals surface area contributed by atoms with Gasteiger partial charge in [0.25, 0.3) is 0 Å². The highest BCUT2D eigenvalue weighted by Crippen LogP contribution is 2.37. The molecule has 2 aliphatic rings. The van der Waals surface area contributed by atoms with Gasteiger partial charge in [0.1, 0.15) is 5.82 Å². The van der Waals surface area contributed by atoms with Crippen molar-refractivity contribution in [3.05, 3.63) is 42.1 Å². The molecule has 4 rings (SSSR count). The molecule has 0 bridgehead atoms. The molecule has 114 valence electrons. The van der Waals surface area contributed by atoms with Crippen LogP contribution in [0.2, 0.25) is 0 Å². The number of morpholine rings is 1. The van der Waals surface area contributed by atoms with E-state index in [0.717, 1.165) is 44.5 Å². The summed E-state index contributed by atoms with van der Waals surface area (Å²) in [4.78, 5) is 13.8. The highest BCUT2D eigenvalue weighted by molar-refractivity contribution is 5.69. The summed E-state index contributed by atoms with van der Waals surface area (Å²) in [6.45, 7) is 5.45. The molecule has 0 N–H and O–H groups in total. The van der Waals surface area contributed by atoms with Crippen LogP contribution in [0.15, 0.2) is 36.5 Å². The third-order valence-corrected chi connectivity index (χ3v) is 4.38. The van der Waals surface area contributed by atoms with Crippen molar-refractivity contribution in [3.8, 4) is 0 Å². The lowest BCUT2D eigenvalue weighted by Gasteiger charge is -2.29. The van der Waals surface area contributed by atoms with Crippen LogP contribution in [-0.2, 0) is 11.2 Å². The molecule has 1 fully saturated rings. The highest BCUT2D eigenvalue weighted by atomic mass is 16.5. The van der Waals surface area contributed by atoms with Gasteiger partial charge in [-0.1, -0.05) is 18.2 Å². The minimum atomic E-state index is 0.421. The lowest BCUT2D eigenvalue weighted by atomic mass is 10.1. The van der Waals surface area contributed by atoms with E-state index in [2.05, 4.69) is 46.0 Å². The Kier molecular flexibility index (Phi) is 3.42. The molecule has 1 atom stereocenters. The largest absolute Gasteiger partial charge is 0.378 e. The fourth-order valence-corrected chi connectivity index (χ4v) is 3.30. The minimum absolute atomic E-state index is 0.421. The second-order valence-electron chi connectivity index (χ2n) is 5.87. The number of benzene rings is 1. The Morgan fingerprint density at radius 3 is 2.82 bits per heavy atom. The second kappa shape index (κ2) is 5.57. The summed E-state index contributed by atoms with van der Waals surface area (Å²) in [5, 5.41) is 0. The average Bonchev–Trinajstić information content (AvgIpc) is 2.91. The Morgan fingerprint density at radius 2 is 1.95 bits per heavy atom. The van der Waals surface area contributed by atoms with E-state index in [-0.39, 0.29) is 0 Å². The Hall–Kier alpha value is -2.14. The van der Waals surface area contributed by atoms with E-state index in [9.17, 15) is 0 Å². The number of nitrogens with zero attached hydrogens (tertiary/aromatic N) is 4. The quantitative estimate of drug-likeness (QED) is 0.851. The van der Waals surface area contributed by atoms with Crippen molar-refractivity contribution < 1.29 is 4.74 Å². The van der Waals surface area contributed by atoms with Gasteiger partial charge in [-0.15, -0.1) is 0 Å². The Balaban J connectivity index is 1.68. The maximum atomic E-state index is 5.41. The average molecular weight is 296 g/mol. The standard InChI is InChI=1S/C17H20N4O/c1-13-12-14-4-2-3-5-15(14)21(13)16-6-7-18-17(19-16)20-8-10-22-11-9-20/h2-7,13H,8-12H2,1H3. The highest BCUT2D eigenvalue weighted by Gasteiger charge is 2.28. The molecule has 2 aromatic rings. The molecule has 5 nitrogen and oxygen atoms in total. The van der Waals surface area contributed by atoms with Gasteiger partial charge in [0.05, 0.1) is 13.2 Å². The SMILES string of the molecule is CC1Cc2ccccc2N1c1ccnc(N2CCOCC2)n1. The van der Waals surface area contributed by atoms with E-state index in [0.29, 0.717) is 6.04 Å². The van der Waals surface area contributed by atoms with Crippen molar-refractivity contribution in [2.24, 2.45) is 0 Å². The third-order valence-electron chi connectivity index (χ3n) is 4.38. The van der Waals surface area contributed by atoms with Crippen LogP contribution in [0, 0.1) is 0 Å². The summed E-state index contributed by atoms with van der Waals surface area (Å²) in [7, 11) is 0. The summed E-state index contributed by atoms with van der Waals surface area (Å²) in [6, 6.07) is 11.0. The fraction of sp³-hybridized carbons (Fsp3) is 0.412. The Labute approximate surface area is 130 Å². The maximum Gasteiger partial charge on any atom is 0.227 e. The molecule has 1 unspecified atom stereocenters. The molecule has 0 radical (unpaired) electrons. The first-order chi connectivity index (χ1) is 10.8. The summed E-state index contributed by atoms with van der Waals surface area (Å²) >= 11 is 0. The lowest BCUT2D eigenvalue weighted by Crippen LogP contribution is -2.37. The van der Waals surface area contributed by atoms with Crippen LogP contribution >= 0.6 is 0 Å². The van der Waals surface area contributed by atoms with E-state index in [1.54, 1.807) is 0 Å². The van der Waals surface area contributed by atoms with Gasteiger partial charge in [-0.05, 0) is 31.0 Å². The van der Waals surface area contributed by atoms with Crippen molar-refractivity contribution in [2.75, 3.05) is 36.1 Å². The zero-order valence-corrected chi connectivity index (χ0v) is 12.8. The van der Waals surface area contributed by atoms with Crippen LogP contribution in [0.5, 0.6) is 0 Å². The van der Waals surface area contributed by atoms with Crippen LogP contribution in [0.25, 0.3) is 0 Å². The van der Waals surface area contributed by atoms with Crippen molar-refractivity contribution in [3.63, 3.8) is 0 Å². The fourth-order valence-electron chi connectivity index (χ4n) is 3.30. The topological polar surface area (TPSA) is 41.5 Å². The molecule has 1 aromatic heterocycles. The summed E-state index contributed by atoms with van der Waals surface area (Å²) in [5.41, 5.74) is 2.66. The Bertz CT molecular complexity index is 669. The van der Waals surface area contributed by atoms with Crippen molar-refractivity contribution in [2.45, 2.75) is 19.4 Å². The van der Waals surface area contributed by atoms with Crippen molar-refractivity contribution >= 4 is 17.5 Å². The van der Waals surface area contributed by atoms with Gasteiger partial charge in [-0.25, -0.2) is 4.98 Å². The first kappa shape index (κ1) is 13.5. The first-order valence-corrected chi connectivity index (χ1v) is 7.86. The number of rotatable bonds is 2. The molecule has 2 aliphatic heterocycles. The van der Waals surface area contributed by atoms with E-state index < -0.39 is 0 Å². The molecular weight excluding hydrogens is 276 g/mol. The second-order valence-corrected chi connectivity index (χ2v) is 5.87. The number of ether oxygens (including phenoxy) is 1. The molecule has 22 heavy (non-hydrogen) atoms. The summed E-state index contributed by atoms with van der Waals surface area (Å²) in [5.74, 6) is 1.78. The van der Waals surface area contributed by atoms with E-state index >= 15 is 0 Å². The van der Waals surface area contributed by atoms with Crippen molar-refractivity contribution in [1.82, 2.24) is 9.97 Å².